The quantitative estimate of drug-likeness (QED) is 0.876. The smallest absolute Gasteiger partial charge is 0.228 e. The largest absolute Gasteiger partial charge is 0.383 e. The molecule has 0 aliphatic rings. The third kappa shape index (κ3) is 3.40. The maximum absolute atomic E-state index is 13.5. The molecule has 2 aromatic rings. The summed E-state index contributed by atoms with van der Waals surface area (Å²) in [7, 11) is 3.48. The molecule has 0 saturated carbocycles. The van der Waals surface area contributed by atoms with Gasteiger partial charge in [0, 0.05) is 25.1 Å². The zero-order chi connectivity index (χ0) is 14.5. The molecule has 0 aliphatic heterocycles. The first kappa shape index (κ1) is 14.6. The standard InChI is InChI=1S/C14H18FN3O2/c1-9-4-5-10(6-12(9)15)14-17-13(20-18-14)7-11(16-2)8-19-3/h4-6,11,16H,7-8H2,1-3H3. The normalized spacial score (nSPS) is 12.6. The fourth-order valence-electron chi connectivity index (χ4n) is 1.84. The summed E-state index contributed by atoms with van der Waals surface area (Å²) < 4.78 is 23.8. The van der Waals surface area contributed by atoms with Gasteiger partial charge in [-0.1, -0.05) is 17.3 Å². The maximum atomic E-state index is 13.5. The van der Waals surface area contributed by atoms with E-state index in [9.17, 15) is 4.39 Å². The van der Waals surface area contributed by atoms with Crippen molar-refractivity contribution in [3.05, 3.63) is 35.5 Å². The van der Waals surface area contributed by atoms with Gasteiger partial charge < -0.3 is 14.6 Å². The van der Waals surface area contributed by atoms with Crippen LogP contribution in [0.2, 0.25) is 0 Å². The summed E-state index contributed by atoms with van der Waals surface area (Å²) in [5, 5.41) is 6.99. The van der Waals surface area contributed by atoms with Crippen molar-refractivity contribution in [3.63, 3.8) is 0 Å². The third-order valence-electron chi connectivity index (χ3n) is 3.10. The van der Waals surface area contributed by atoms with Crippen molar-refractivity contribution in [1.29, 1.82) is 0 Å². The number of hydrogen-bond acceptors (Lipinski definition) is 5. The van der Waals surface area contributed by atoms with Crippen LogP contribution in [0.3, 0.4) is 0 Å². The van der Waals surface area contributed by atoms with E-state index in [1.165, 1.54) is 6.07 Å². The SMILES string of the molecule is CNC(COC)Cc1nc(-c2ccc(C)c(F)c2)no1. The molecule has 1 N–H and O–H groups in total. The number of aryl methyl sites for hydroxylation is 1. The van der Waals surface area contributed by atoms with Gasteiger partial charge in [0.1, 0.15) is 5.82 Å². The number of methoxy groups -OCH3 is 1. The number of aromatic nitrogens is 2. The Hall–Kier alpha value is -1.79. The summed E-state index contributed by atoms with van der Waals surface area (Å²) >= 11 is 0. The summed E-state index contributed by atoms with van der Waals surface area (Å²) in [6, 6.07) is 4.98. The second kappa shape index (κ2) is 6.58. The van der Waals surface area contributed by atoms with Gasteiger partial charge >= 0.3 is 0 Å². The molecule has 0 aliphatic carbocycles. The molecule has 1 atom stereocenters. The minimum absolute atomic E-state index is 0.100. The highest BCUT2D eigenvalue weighted by molar-refractivity contribution is 5.54. The summed E-state index contributed by atoms with van der Waals surface area (Å²) in [4.78, 5) is 4.28. The Bertz CT molecular complexity index is 571. The fourth-order valence-corrected chi connectivity index (χ4v) is 1.84. The Morgan fingerprint density at radius 2 is 2.25 bits per heavy atom. The molecule has 1 unspecified atom stereocenters. The van der Waals surface area contributed by atoms with Crippen LogP contribution < -0.4 is 5.32 Å². The molecule has 6 heteroatoms. The van der Waals surface area contributed by atoms with E-state index in [-0.39, 0.29) is 11.9 Å². The van der Waals surface area contributed by atoms with Gasteiger partial charge in [0.05, 0.1) is 6.61 Å². The molecule has 0 saturated heterocycles. The average Bonchev–Trinajstić information content (AvgIpc) is 2.90. The number of likely N-dealkylation sites (N-methyl/N-ethyl adjacent to an activating group) is 1. The van der Waals surface area contributed by atoms with Crippen molar-refractivity contribution in [2.75, 3.05) is 20.8 Å². The first-order chi connectivity index (χ1) is 9.63. The second-order valence-electron chi connectivity index (χ2n) is 4.62. The molecule has 2 rings (SSSR count). The summed E-state index contributed by atoms with van der Waals surface area (Å²) in [6.45, 7) is 2.26. The van der Waals surface area contributed by atoms with Crippen molar-refractivity contribution >= 4 is 0 Å². The molecule has 0 spiro atoms. The lowest BCUT2D eigenvalue weighted by Crippen LogP contribution is -2.32. The lowest BCUT2D eigenvalue weighted by Gasteiger charge is -2.11. The zero-order valence-corrected chi connectivity index (χ0v) is 11.8. The Morgan fingerprint density at radius 3 is 2.90 bits per heavy atom. The van der Waals surface area contributed by atoms with Gasteiger partial charge in [-0.3, -0.25) is 0 Å². The average molecular weight is 279 g/mol. The van der Waals surface area contributed by atoms with Crippen LogP contribution in [0, 0.1) is 12.7 Å². The van der Waals surface area contributed by atoms with E-state index in [1.54, 1.807) is 26.2 Å². The molecular formula is C14H18FN3O2. The van der Waals surface area contributed by atoms with Gasteiger partial charge in [-0.05, 0) is 25.6 Å². The van der Waals surface area contributed by atoms with E-state index in [0.29, 0.717) is 35.9 Å². The summed E-state index contributed by atoms with van der Waals surface area (Å²) in [6.07, 6.45) is 0.561. The van der Waals surface area contributed by atoms with Gasteiger partial charge in [-0.15, -0.1) is 0 Å². The number of rotatable bonds is 6. The highest BCUT2D eigenvalue weighted by Crippen LogP contribution is 2.19. The van der Waals surface area contributed by atoms with Crippen LogP contribution in [-0.4, -0.2) is 36.9 Å². The Morgan fingerprint density at radius 1 is 1.45 bits per heavy atom. The van der Waals surface area contributed by atoms with E-state index in [4.69, 9.17) is 9.26 Å². The van der Waals surface area contributed by atoms with Crippen molar-refractivity contribution < 1.29 is 13.7 Å². The minimum atomic E-state index is -0.277. The van der Waals surface area contributed by atoms with Crippen LogP contribution in [0.15, 0.2) is 22.7 Å². The van der Waals surface area contributed by atoms with E-state index >= 15 is 0 Å². The molecule has 0 fully saturated rings. The van der Waals surface area contributed by atoms with Crippen LogP contribution in [0.1, 0.15) is 11.5 Å². The highest BCUT2D eigenvalue weighted by atomic mass is 19.1. The number of nitrogens with one attached hydrogen (secondary N) is 1. The maximum Gasteiger partial charge on any atom is 0.228 e. The van der Waals surface area contributed by atoms with Crippen LogP contribution >= 0.6 is 0 Å². The van der Waals surface area contributed by atoms with E-state index in [0.717, 1.165) is 0 Å². The zero-order valence-electron chi connectivity index (χ0n) is 11.8. The van der Waals surface area contributed by atoms with Crippen LogP contribution in [0.5, 0.6) is 0 Å². The van der Waals surface area contributed by atoms with Crippen molar-refractivity contribution in [2.24, 2.45) is 0 Å². The molecular weight excluding hydrogens is 261 g/mol. The van der Waals surface area contributed by atoms with Crippen LogP contribution in [0.25, 0.3) is 11.4 Å². The lowest BCUT2D eigenvalue weighted by molar-refractivity contribution is 0.165. The molecule has 1 aromatic heterocycles. The lowest BCUT2D eigenvalue weighted by atomic mass is 10.1. The predicted octanol–water partition coefficient (Wildman–Crippen LogP) is 1.96. The van der Waals surface area contributed by atoms with Gasteiger partial charge in [0.25, 0.3) is 0 Å². The number of nitrogens with zero attached hydrogens (tertiary/aromatic N) is 2. The number of halogens is 1. The molecule has 1 heterocycles. The van der Waals surface area contributed by atoms with Crippen molar-refractivity contribution in [3.8, 4) is 11.4 Å². The Balaban J connectivity index is 2.13. The molecule has 108 valence electrons. The van der Waals surface area contributed by atoms with E-state index in [2.05, 4.69) is 15.5 Å². The fraction of sp³-hybridized carbons (Fsp3) is 0.429. The van der Waals surface area contributed by atoms with Gasteiger partial charge in [0.2, 0.25) is 11.7 Å². The van der Waals surface area contributed by atoms with Crippen molar-refractivity contribution in [2.45, 2.75) is 19.4 Å². The monoisotopic (exact) mass is 279 g/mol. The van der Waals surface area contributed by atoms with Crippen molar-refractivity contribution in [1.82, 2.24) is 15.5 Å². The molecule has 1 aromatic carbocycles. The van der Waals surface area contributed by atoms with E-state index < -0.39 is 0 Å². The van der Waals surface area contributed by atoms with Gasteiger partial charge in [-0.25, -0.2) is 4.39 Å². The number of hydrogen-bond donors (Lipinski definition) is 1. The third-order valence-corrected chi connectivity index (χ3v) is 3.10. The van der Waals surface area contributed by atoms with E-state index in [1.807, 2.05) is 7.05 Å². The topological polar surface area (TPSA) is 60.2 Å². The van der Waals surface area contributed by atoms with Gasteiger partial charge in [0.15, 0.2) is 0 Å². The first-order valence-electron chi connectivity index (χ1n) is 6.39. The van der Waals surface area contributed by atoms with Crippen LogP contribution in [0.4, 0.5) is 4.39 Å². The molecule has 0 amide bonds. The number of benzene rings is 1. The first-order valence-corrected chi connectivity index (χ1v) is 6.39. The molecule has 0 bridgehead atoms. The minimum Gasteiger partial charge on any atom is -0.383 e. The molecule has 20 heavy (non-hydrogen) atoms. The van der Waals surface area contributed by atoms with Gasteiger partial charge in [-0.2, -0.15) is 4.98 Å². The Kier molecular flexibility index (Phi) is 4.81. The summed E-state index contributed by atoms with van der Waals surface area (Å²) in [5.74, 6) is 0.616. The predicted molar refractivity (Wildman–Crippen MR) is 72.9 cm³/mol. The Labute approximate surface area is 117 Å². The summed E-state index contributed by atoms with van der Waals surface area (Å²) in [5.41, 5.74) is 1.20. The van der Waals surface area contributed by atoms with Crippen LogP contribution in [-0.2, 0) is 11.2 Å². The second-order valence-corrected chi connectivity index (χ2v) is 4.62. The molecule has 0 radical (unpaired) electrons. The molecule has 5 nitrogen and oxygen atoms in total. The number of ether oxygens (including phenoxy) is 1. The highest BCUT2D eigenvalue weighted by Gasteiger charge is 2.14.